The van der Waals surface area contributed by atoms with Crippen molar-refractivity contribution in [1.82, 2.24) is 35.1 Å². The maximum atomic E-state index is 14.3. The minimum Gasteiger partial charge on any atom is -0.352 e. The van der Waals surface area contributed by atoms with Crippen molar-refractivity contribution in [3.05, 3.63) is 84.5 Å². The summed E-state index contributed by atoms with van der Waals surface area (Å²) in [5.74, 6) is -0.516. The van der Waals surface area contributed by atoms with E-state index in [2.05, 4.69) is 25.8 Å². The Morgan fingerprint density at radius 2 is 1.89 bits per heavy atom. The van der Waals surface area contributed by atoms with E-state index in [0.717, 1.165) is 11.3 Å². The lowest BCUT2D eigenvalue weighted by Gasteiger charge is -2.09. The highest BCUT2D eigenvalue weighted by atomic mass is 19.1. The SMILES string of the molecule is O=C(Cc1ccc(-n2cnnn2)cc1)NCc1ccc(-n2ccnc2)c(F)c1. The zero-order chi connectivity index (χ0) is 19.3. The summed E-state index contributed by atoms with van der Waals surface area (Å²) in [5.41, 5.74) is 2.76. The molecule has 28 heavy (non-hydrogen) atoms. The molecule has 0 saturated heterocycles. The molecule has 4 aromatic rings. The summed E-state index contributed by atoms with van der Waals surface area (Å²) in [6, 6.07) is 12.2. The number of rotatable bonds is 6. The molecule has 2 aromatic heterocycles. The number of nitrogens with zero attached hydrogens (tertiary/aromatic N) is 6. The third-order valence-electron chi connectivity index (χ3n) is 4.20. The molecule has 0 unspecified atom stereocenters. The summed E-state index contributed by atoms with van der Waals surface area (Å²) in [6.07, 6.45) is 6.52. The molecule has 0 spiro atoms. The van der Waals surface area contributed by atoms with Crippen LogP contribution in [0.5, 0.6) is 0 Å². The Morgan fingerprint density at radius 3 is 2.57 bits per heavy atom. The van der Waals surface area contributed by atoms with Crippen LogP contribution in [0, 0.1) is 5.82 Å². The number of amides is 1. The van der Waals surface area contributed by atoms with Gasteiger partial charge in [-0.2, -0.15) is 0 Å². The minimum absolute atomic E-state index is 0.144. The molecule has 0 aliphatic heterocycles. The van der Waals surface area contributed by atoms with Gasteiger partial charge in [-0.1, -0.05) is 18.2 Å². The van der Waals surface area contributed by atoms with E-state index in [1.807, 2.05) is 24.3 Å². The molecule has 1 amide bonds. The van der Waals surface area contributed by atoms with E-state index in [1.54, 1.807) is 29.1 Å². The van der Waals surface area contributed by atoms with E-state index < -0.39 is 0 Å². The lowest BCUT2D eigenvalue weighted by Crippen LogP contribution is -2.24. The van der Waals surface area contributed by atoms with Crippen LogP contribution >= 0.6 is 0 Å². The summed E-state index contributed by atoms with van der Waals surface area (Å²) in [6.45, 7) is 0.253. The number of hydrogen-bond donors (Lipinski definition) is 1. The van der Waals surface area contributed by atoms with Gasteiger partial charge in [0.1, 0.15) is 12.1 Å². The van der Waals surface area contributed by atoms with Crippen LogP contribution in [0.15, 0.2) is 67.5 Å². The smallest absolute Gasteiger partial charge is 0.224 e. The normalized spacial score (nSPS) is 10.8. The Kier molecular flexibility index (Phi) is 4.87. The maximum absolute atomic E-state index is 14.3. The number of carbonyl (C=O) groups is 1. The predicted molar refractivity (Wildman–Crippen MR) is 98.2 cm³/mol. The van der Waals surface area contributed by atoms with Gasteiger partial charge in [0.2, 0.25) is 5.91 Å². The standard InChI is InChI=1S/C19H16FN7O/c20-17-9-15(3-6-18(17)26-8-7-21-12-26)11-22-19(28)10-14-1-4-16(5-2-14)27-13-23-24-25-27/h1-9,12-13H,10-11H2,(H,22,28). The third-order valence-corrected chi connectivity index (χ3v) is 4.20. The Hall–Kier alpha value is -3.88. The van der Waals surface area contributed by atoms with Crippen LogP contribution < -0.4 is 5.32 Å². The number of tetrazole rings is 1. The molecule has 0 bridgehead atoms. The van der Waals surface area contributed by atoms with Crippen molar-refractivity contribution in [1.29, 1.82) is 0 Å². The number of benzene rings is 2. The van der Waals surface area contributed by atoms with Gasteiger partial charge in [0, 0.05) is 18.9 Å². The number of hydrogen-bond acceptors (Lipinski definition) is 5. The van der Waals surface area contributed by atoms with Gasteiger partial charge in [-0.05, 0) is 45.8 Å². The van der Waals surface area contributed by atoms with Crippen LogP contribution in [-0.4, -0.2) is 35.7 Å². The molecule has 8 nitrogen and oxygen atoms in total. The summed E-state index contributed by atoms with van der Waals surface area (Å²) in [5, 5.41) is 13.8. The monoisotopic (exact) mass is 377 g/mol. The second-order valence-electron chi connectivity index (χ2n) is 6.13. The van der Waals surface area contributed by atoms with Crippen LogP contribution in [-0.2, 0) is 17.8 Å². The first-order valence-electron chi connectivity index (χ1n) is 8.55. The van der Waals surface area contributed by atoms with Crippen molar-refractivity contribution >= 4 is 5.91 Å². The topological polar surface area (TPSA) is 90.5 Å². The Labute approximate surface area is 159 Å². The molecular formula is C19H16FN7O. The fourth-order valence-electron chi connectivity index (χ4n) is 2.77. The van der Waals surface area contributed by atoms with E-state index in [4.69, 9.17) is 0 Å². The van der Waals surface area contributed by atoms with Crippen LogP contribution in [0.25, 0.3) is 11.4 Å². The molecule has 2 aromatic carbocycles. The fourth-order valence-corrected chi connectivity index (χ4v) is 2.77. The first-order valence-corrected chi connectivity index (χ1v) is 8.55. The van der Waals surface area contributed by atoms with E-state index in [9.17, 15) is 9.18 Å². The Balaban J connectivity index is 1.34. The average Bonchev–Trinajstić information content (AvgIpc) is 3.41. The van der Waals surface area contributed by atoms with Crippen molar-refractivity contribution in [2.75, 3.05) is 0 Å². The first kappa shape index (κ1) is 17.5. The van der Waals surface area contributed by atoms with Crippen molar-refractivity contribution in [3.63, 3.8) is 0 Å². The number of imidazole rings is 1. The molecular weight excluding hydrogens is 361 g/mol. The van der Waals surface area contributed by atoms with Crippen molar-refractivity contribution in [2.45, 2.75) is 13.0 Å². The van der Waals surface area contributed by atoms with E-state index >= 15 is 0 Å². The highest BCUT2D eigenvalue weighted by Gasteiger charge is 2.08. The summed E-state index contributed by atoms with van der Waals surface area (Å²) in [7, 11) is 0. The van der Waals surface area contributed by atoms with Gasteiger partial charge in [0.25, 0.3) is 0 Å². The van der Waals surface area contributed by atoms with Crippen LogP contribution in [0.4, 0.5) is 4.39 Å². The van der Waals surface area contributed by atoms with Crippen molar-refractivity contribution in [3.8, 4) is 11.4 Å². The molecule has 0 radical (unpaired) electrons. The highest BCUT2D eigenvalue weighted by Crippen LogP contribution is 2.15. The second kappa shape index (κ2) is 7.78. The van der Waals surface area contributed by atoms with Gasteiger partial charge >= 0.3 is 0 Å². The highest BCUT2D eigenvalue weighted by molar-refractivity contribution is 5.78. The van der Waals surface area contributed by atoms with E-state index in [1.165, 1.54) is 23.4 Å². The fraction of sp³-hybridized carbons (Fsp3) is 0.105. The van der Waals surface area contributed by atoms with E-state index in [-0.39, 0.29) is 24.7 Å². The number of aromatic nitrogens is 6. The number of halogens is 1. The average molecular weight is 377 g/mol. The zero-order valence-electron chi connectivity index (χ0n) is 14.7. The summed E-state index contributed by atoms with van der Waals surface area (Å²) < 4.78 is 17.4. The minimum atomic E-state index is -0.372. The van der Waals surface area contributed by atoms with Gasteiger partial charge in [-0.25, -0.2) is 14.1 Å². The van der Waals surface area contributed by atoms with Gasteiger partial charge in [0.15, 0.2) is 0 Å². The van der Waals surface area contributed by atoms with Gasteiger partial charge in [0.05, 0.1) is 24.1 Å². The molecule has 0 aliphatic rings. The van der Waals surface area contributed by atoms with Crippen molar-refractivity contribution < 1.29 is 9.18 Å². The van der Waals surface area contributed by atoms with Gasteiger partial charge < -0.3 is 9.88 Å². The lowest BCUT2D eigenvalue weighted by atomic mass is 10.1. The molecule has 0 aliphatic carbocycles. The van der Waals surface area contributed by atoms with Crippen LogP contribution in [0.1, 0.15) is 11.1 Å². The van der Waals surface area contributed by atoms with Crippen LogP contribution in [0.2, 0.25) is 0 Å². The molecule has 2 heterocycles. The largest absolute Gasteiger partial charge is 0.352 e. The van der Waals surface area contributed by atoms with Gasteiger partial charge in [-0.3, -0.25) is 4.79 Å². The Bertz CT molecular complexity index is 1060. The predicted octanol–water partition coefficient (Wildman–Crippen LogP) is 1.85. The molecule has 4 rings (SSSR count). The van der Waals surface area contributed by atoms with Crippen LogP contribution in [0.3, 0.4) is 0 Å². The number of nitrogens with one attached hydrogen (secondary N) is 1. The molecule has 0 atom stereocenters. The Morgan fingerprint density at radius 1 is 1.07 bits per heavy atom. The first-order chi connectivity index (χ1) is 13.7. The molecule has 0 fully saturated rings. The molecule has 0 saturated carbocycles. The summed E-state index contributed by atoms with van der Waals surface area (Å²) in [4.78, 5) is 16.1. The van der Waals surface area contributed by atoms with E-state index in [0.29, 0.717) is 11.3 Å². The maximum Gasteiger partial charge on any atom is 0.224 e. The second-order valence-corrected chi connectivity index (χ2v) is 6.13. The quantitative estimate of drug-likeness (QED) is 0.554. The molecule has 1 N–H and O–H groups in total. The zero-order valence-corrected chi connectivity index (χ0v) is 14.7. The molecule has 9 heteroatoms. The third kappa shape index (κ3) is 3.93. The molecule has 140 valence electrons. The van der Waals surface area contributed by atoms with Crippen molar-refractivity contribution in [2.24, 2.45) is 0 Å². The van der Waals surface area contributed by atoms with Gasteiger partial charge in [-0.15, -0.1) is 5.10 Å². The summed E-state index contributed by atoms with van der Waals surface area (Å²) >= 11 is 0. The lowest BCUT2D eigenvalue weighted by molar-refractivity contribution is -0.120. The number of carbonyl (C=O) groups excluding carboxylic acids is 1.